The smallest absolute Gasteiger partial charge is 0.245 e. The number of carbonyl (C=O) groups is 4. The fourth-order valence-electron chi connectivity index (χ4n) is 2.38. The van der Waals surface area contributed by atoms with Crippen molar-refractivity contribution in [3.05, 3.63) is 0 Å². The van der Waals surface area contributed by atoms with Crippen LogP contribution in [0.25, 0.3) is 0 Å². The highest BCUT2D eigenvalue weighted by Crippen LogP contribution is 2.05. The highest BCUT2D eigenvalue weighted by molar-refractivity contribution is 5.94. The first-order chi connectivity index (χ1) is 11.8. The predicted molar refractivity (Wildman–Crippen MR) is 87.3 cm³/mol. The van der Waals surface area contributed by atoms with E-state index in [-0.39, 0.29) is 0 Å². The number of aliphatic hydroxyl groups excluding tert-OH is 2. The molecule has 1 saturated heterocycles. The molecule has 0 saturated carbocycles. The maximum Gasteiger partial charge on any atom is 0.245 e. The zero-order chi connectivity index (χ0) is 19.0. The summed E-state index contributed by atoms with van der Waals surface area (Å²) in [5.41, 5.74) is 0. The molecule has 142 valence electrons. The number of amides is 3. The van der Waals surface area contributed by atoms with E-state index in [2.05, 4.69) is 21.3 Å². The van der Waals surface area contributed by atoms with Crippen molar-refractivity contribution >= 4 is 24.0 Å². The van der Waals surface area contributed by atoms with Crippen molar-refractivity contribution in [2.24, 2.45) is 0 Å². The van der Waals surface area contributed by atoms with Crippen LogP contribution in [0.1, 0.15) is 26.7 Å². The molecule has 10 heteroatoms. The summed E-state index contributed by atoms with van der Waals surface area (Å²) in [6.07, 6.45) is 0.736. The van der Waals surface area contributed by atoms with Gasteiger partial charge < -0.3 is 36.3 Å². The van der Waals surface area contributed by atoms with E-state index >= 15 is 0 Å². The van der Waals surface area contributed by atoms with Crippen LogP contribution in [0, 0.1) is 0 Å². The molecule has 6 N–H and O–H groups in total. The molecule has 10 nitrogen and oxygen atoms in total. The first-order valence-corrected chi connectivity index (χ1v) is 8.18. The van der Waals surface area contributed by atoms with Gasteiger partial charge in [0.05, 0.1) is 24.8 Å². The van der Waals surface area contributed by atoms with Crippen LogP contribution in [0.2, 0.25) is 0 Å². The van der Waals surface area contributed by atoms with Crippen molar-refractivity contribution in [2.75, 3.05) is 13.2 Å². The van der Waals surface area contributed by atoms with E-state index in [1.54, 1.807) is 0 Å². The average molecular weight is 358 g/mol. The third-order valence-electron chi connectivity index (χ3n) is 3.83. The number of hydrogen-bond acceptors (Lipinski definition) is 7. The van der Waals surface area contributed by atoms with Crippen LogP contribution in [0.15, 0.2) is 0 Å². The van der Waals surface area contributed by atoms with Crippen LogP contribution in [-0.4, -0.2) is 77.6 Å². The van der Waals surface area contributed by atoms with Gasteiger partial charge in [0.1, 0.15) is 18.4 Å². The Kier molecular flexibility index (Phi) is 8.46. The second-order valence-corrected chi connectivity index (χ2v) is 6.05. The summed E-state index contributed by atoms with van der Waals surface area (Å²) in [5.74, 6) is -1.98. The molecule has 0 aromatic heterocycles. The zero-order valence-corrected chi connectivity index (χ0v) is 14.3. The third kappa shape index (κ3) is 6.40. The van der Waals surface area contributed by atoms with Crippen LogP contribution in [0.5, 0.6) is 0 Å². The molecule has 3 amide bonds. The van der Waals surface area contributed by atoms with E-state index in [1.807, 2.05) is 0 Å². The van der Waals surface area contributed by atoms with E-state index in [0.29, 0.717) is 19.3 Å². The Balaban J connectivity index is 2.67. The summed E-state index contributed by atoms with van der Waals surface area (Å²) in [7, 11) is 0. The predicted octanol–water partition coefficient (Wildman–Crippen LogP) is -3.22. The normalized spacial score (nSPS) is 21.5. The van der Waals surface area contributed by atoms with E-state index in [0.717, 1.165) is 6.42 Å². The monoisotopic (exact) mass is 358 g/mol. The lowest BCUT2D eigenvalue weighted by Crippen LogP contribution is -2.60. The Morgan fingerprint density at radius 2 is 1.88 bits per heavy atom. The molecule has 1 aliphatic rings. The number of aliphatic hydroxyl groups is 2. The average Bonchev–Trinajstić information content (AvgIpc) is 3.11. The Bertz CT molecular complexity index is 492. The molecular formula is C15H26N4O6. The number of carbonyl (C=O) groups excluding carboxylic acids is 4. The lowest BCUT2D eigenvalue weighted by molar-refractivity contribution is -0.135. The quantitative estimate of drug-likeness (QED) is 0.237. The molecule has 1 rings (SSSR count). The molecule has 0 spiro atoms. The Morgan fingerprint density at radius 3 is 2.36 bits per heavy atom. The van der Waals surface area contributed by atoms with E-state index in [9.17, 15) is 29.4 Å². The minimum Gasteiger partial charge on any atom is -0.394 e. The minimum absolute atomic E-state index is 0.417. The molecule has 0 aromatic carbocycles. The SMILES string of the molecule is C[C@@H](C=O)NC(=O)[C@@H](NC(=O)[C@H](CO)NC(=O)[C@@H]1CCCN1)[C@@H](C)O. The molecule has 0 aromatic rings. The summed E-state index contributed by atoms with van der Waals surface area (Å²) in [5, 5.41) is 29.0. The first kappa shape index (κ1) is 21.0. The van der Waals surface area contributed by atoms with Gasteiger partial charge in [0, 0.05) is 0 Å². The summed E-state index contributed by atoms with van der Waals surface area (Å²) in [4.78, 5) is 46.9. The van der Waals surface area contributed by atoms with Crippen molar-refractivity contribution in [3.63, 3.8) is 0 Å². The lowest BCUT2D eigenvalue weighted by atomic mass is 10.1. The van der Waals surface area contributed by atoms with Crippen LogP contribution in [-0.2, 0) is 19.2 Å². The van der Waals surface area contributed by atoms with E-state index in [4.69, 9.17) is 0 Å². The fraction of sp³-hybridized carbons (Fsp3) is 0.733. The zero-order valence-electron chi connectivity index (χ0n) is 14.3. The molecule has 0 bridgehead atoms. The Labute approximate surface area is 145 Å². The highest BCUT2D eigenvalue weighted by Gasteiger charge is 2.31. The van der Waals surface area contributed by atoms with Gasteiger partial charge in [-0.2, -0.15) is 0 Å². The summed E-state index contributed by atoms with van der Waals surface area (Å²) >= 11 is 0. The van der Waals surface area contributed by atoms with Crippen molar-refractivity contribution < 1.29 is 29.4 Å². The van der Waals surface area contributed by atoms with Crippen LogP contribution in [0.3, 0.4) is 0 Å². The van der Waals surface area contributed by atoms with Gasteiger partial charge >= 0.3 is 0 Å². The van der Waals surface area contributed by atoms with Gasteiger partial charge in [-0.05, 0) is 33.2 Å². The van der Waals surface area contributed by atoms with Gasteiger partial charge in [-0.25, -0.2) is 0 Å². The van der Waals surface area contributed by atoms with Crippen LogP contribution < -0.4 is 21.3 Å². The molecule has 5 atom stereocenters. The fourth-order valence-corrected chi connectivity index (χ4v) is 2.38. The maximum absolute atomic E-state index is 12.2. The Hall–Kier alpha value is -2.04. The molecule has 1 heterocycles. The molecule has 0 unspecified atom stereocenters. The third-order valence-corrected chi connectivity index (χ3v) is 3.83. The van der Waals surface area contributed by atoms with Gasteiger partial charge in [0.2, 0.25) is 17.7 Å². The van der Waals surface area contributed by atoms with Crippen LogP contribution >= 0.6 is 0 Å². The molecule has 25 heavy (non-hydrogen) atoms. The molecule has 1 fully saturated rings. The first-order valence-electron chi connectivity index (χ1n) is 8.18. The summed E-state index contributed by atoms with van der Waals surface area (Å²) in [6, 6.07) is -3.79. The number of aldehydes is 1. The standard InChI is InChI=1S/C15H26N4O6/c1-8(6-20)17-15(25)12(9(2)22)19-14(24)11(7-21)18-13(23)10-4-3-5-16-10/h6,8-12,16,21-22H,3-5,7H2,1-2H3,(H,17,25)(H,18,23)(H,19,24)/t8-,9+,10-,11-,12-/m0/s1. The summed E-state index contributed by atoms with van der Waals surface area (Å²) < 4.78 is 0. The largest absolute Gasteiger partial charge is 0.394 e. The van der Waals surface area contributed by atoms with Crippen LogP contribution in [0.4, 0.5) is 0 Å². The van der Waals surface area contributed by atoms with Crippen molar-refractivity contribution in [2.45, 2.75) is 57.0 Å². The van der Waals surface area contributed by atoms with Gasteiger partial charge in [-0.1, -0.05) is 0 Å². The number of hydrogen-bond donors (Lipinski definition) is 6. The second-order valence-electron chi connectivity index (χ2n) is 6.05. The van der Waals surface area contributed by atoms with Crippen molar-refractivity contribution in [1.29, 1.82) is 0 Å². The maximum atomic E-state index is 12.2. The van der Waals surface area contributed by atoms with Gasteiger partial charge in [0.15, 0.2) is 0 Å². The van der Waals surface area contributed by atoms with Crippen molar-refractivity contribution in [3.8, 4) is 0 Å². The van der Waals surface area contributed by atoms with E-state index < -0.39 is 54.6 Å². The molecule has 0 radical (unpaired) electrons. The molecule has 0 aliphatic carbocycles. The van der Waals surface area contributed by atoms with Gasteiger partial charge in [-0.3, -0.25) is 14.4 Å². The second kappa shape index (κ2) is 10.1. The van der Waals surface area contributed by atoms with Gasteiger partial charge in [-0.15, -0.1) is 0 Å². The Morgan fingerprint density at radius 1 is 1.20 bits per heavy atom. The van der Waals surface area contributed by atoms with E-state index in [1.165, 1.54) is 13.8 Å². The molecular weight excluding hydrogens is 332 g/mol. The topological polar surface area (TPSA) is 157 Å². The number of rotatable bonds is 9. The number of nitrogens with one attached hydrogen (secondary N) is 4. The molecule has 1 aliphatic heterocycles. The highest BCUT2D eigenvalue weighted by atomic mass is 16.3. The van der Waals surface area contributed by atoms with Crippen molar-refractivity contribution in [1.82, 2.24) is 21.3 Å². The summed E-state index contributed by atoms with van der Waals surface area (Å²) in [6.45, 7) is 2.78. The lowest BCUT2D eigenvalue weighted by Gasteiger charge is -2.25. The van der Waals surface area contributed by atoms with Gasteiger partial charge in [0.25, 0.3) is 0 Å². The minimum atomic E-state index is -1.33.